The predicted octanol–water partition coefficient (Wildman–Crippen LogP) is 3.65. The van der Waals surface area contributed by atoms with Crippen LogP contribution < -0.4 is 9.64 Å². The molecule has 4 aliphatic rings. The second-order valence-corrected chi connectivity index (χ2v) is 11.6. The largest absolute Gasteiger partial charge is 0.497 e. The summed E-state index contributed by atoms with van der Waals surface area (Å²) in [5.74, 6) is -2.48. The van der Waals surface area contributed by atoms with Crippen LogP contribution in [0.25, 0.3) is 0 Å². The lowest BCUT2D eigenvalue weighted by Crippen LogP contribution is -2.60. The Morgan fingerprint density at radius 1 is 1.05 bits per heavy atom. The number of allylic oxidation sites excluding steroid dienone is 1. The van der Waals surface area contributed by atoms with Gasteiger partial charge in [-0.25, -0.2) is 0 Å². The smallest absolute Gasteiger partial charge is 0.313 e. The average molecular weight is 567 g/mol. The van der Waals surface area contributed by atoms with Gasteiger partial charge in [0.1, 0.15) is 28.9 Å². The SMILES string of the molecule is CC[C@H](C)[C@H](CO)N1C(=O)[C@@H]2[C@H]3C(=O)OCCCC/C=C\[C@@]3(CC)O[C@@]23C=CCN(c2ccc(OC)cc2)C(=O)C13. The summed E-state index contributed by atoms with van der Waals surface area (Å²) < 4.78 is 18.1. The van der Waals surface area contributed by atoms with Crippen molar-refractivity contribution >= 4 is 23.5 Å². The van der Waals surface area contributed by atoms with E-state index in [1.54, 1.807) is 24.1 Å². The van der Waals surface area contributed by atoms with Gasteiger partial charge < -0.3 is 29.1 Å². The number of hydrogen-bond donors (Lipinski definition) is 1. The number of hydrogen-bond acceptors (Lipinski definition) is 7. The van der Waals surface area contributed by atoms with Crippen molar-refractivity contribution in [1.82, 2.24) is 4.90 Å². The predicted molar refractivity (Wildman–Crippen MR) is 153 cm³/mol. The minimum Gasteiger partial charge on any atom is -0.497 e. The first kappa shape index (κ1) is 29.3. The number of likely N-dealkylation sites (tertiary alicyclic amines) is 1. The molecule has 0 radical (unpaired) electrons. The number of benzene rings is 1. The van der Waals surface area contributed by atoms with Gasteiger partial charge in [-0.2, -0.15) is 0 Å². The first-order valence-corrected chi connectivity index (χ1v) is 14.9. The number of methoxy groups -OCH3 is 1. The van der Waals surface area contributed by atoms with Gasteiger partial charge in [-0.05, 0) is 55.9 Å². The first-order valence-electron chi connectivity index (χ1n) is 14.9. The van der Waals surface area contributed by atoms with Crippen LogP contribution in [0.5, 0.6) is 5.75 Å². The van der Waals surface area contributed by atoms with Crippen LogP contribution in [0.4, 0.5) is 5.69 Å². The third-order valence-electron chi connectivity index (χ3n) is 9.55. The molecule has 7 atom stereocenters. The summed E-state index contributed by atoms with van der Waals surface area (Å²) in [5, 5.41) is 10.6. The van der Waals surface area contributed by atoms with Crippen molar-refractivity contribution in [2.24, 2.45) is 17.8 Å². The lowest BCUT2D eigenvalue weighted by atomic mass is 9.73. The monoisotopic (exact) mass is 566 g/mol. The van der Waals surface area contributed by atoms with Gasteiger partial charge in [0.05, 0.1) is 32.3 Å². The van der Waals surface area contributed by atoms with Gasteiger partial charge in [-0.1, -0.05) is 51.5 Å². The molecule has 9 nitrogen and oxygen atoms in total. The Labute approximate surface area is 242 Å². The van der Waals surface area contributed by atoms with E-state index in [9.17, 15) is 19.5 Å². The van der Waals surface area contributed by atoms with E-state index in [1.165, 1.54) is 4.90 Å². The van der Waals surface area contributed by atoms with Crippen molar-refractivity contribution in [3.63, 3.8) is 0 Å². The third-order valence-corrected chi connectivity index (χ3v) is 9.55. The molecule has 2 amide bonds. The Hall–Kier alpha value is -3.17. The zero-order valence-corrected chi connectivity index (χ0v) is 24.5. The standard InChI is InChI=1S/C32H42N2O7/c1-5-21(3)24(20-35)34-27-29(37)33(22-12-14-23(39-4)15-13-22)18-11-17-32(27)25(28(34)36)26-30(38)40-19-10-8-7-9-16-31(26,6-2)41-32/h9,11-17,21,24-27,35H,5-8,10,18-20H2,1-4H3/b16-9-/t21-,24-,25-,26-,27?,31+,32-/m0/s1. The molecule has 1 unspecified atom stereocenters. The highest BCUT2D eigenvalue weighted by atomic mass is 16.6. The summed E-state index contributed by atoms with van der Waals surface area (Å²) in [5.41, 5.74) is -1.86. The van der Waals surface area contributed by atoms with E-state index in [2.05, 4.69) is 0 Å². The summed E-state index contributed by atoms with van der Waals surface area (Å²) in [7, 11) is 1.58. The Bertz CT molecular complexity index is 1210. The van der Waals surface area contributed by atoms with Crippen molar-refractivity contribution < 1.29 is 33.7 Å². The fourth-order valence-corrected chi connectivity index (χ4v) is 7.14. The molecule has 41 heavy (non-hydrogen) atoms. The number of ether oxygens (including phenoxy) is 3. The Balaban J connectivity index is 1.69. The van der Waals surface area contributed by atoms with Crippen molar-refractivity contribution in [1.29, 1.82) is 0 Å². The minimum absolute atomic E-state index is 0.0962. The maximum absolute atomic E-state index is 14.7. The number of aliphatic hydroxyl groups is 1. The van der Waals surface area contributed by atoms with Crippen molar-refractivity contribution in [2.45, 2.75) is 76.2 Å². The van der Waals surface area contributed by atoms with Crippen molar-refractivity contribution in [3.8, 4) is 5.75 Å². The lowest BCUT2D eigenvalue weighted by molar-refractivity contribution is -0.162. The molecule has 1 aromatic carbocycles. The van der Waals surface area contributed by atoms with Gasteiger partial charge in [0.15, 0.2) is 0 Å². The topological polar surface area (TPSA) is 106 Å². The fraction of sp³-hybridized carbons (Fsp3) is 0.594. The average Bonchev–Trinajstić information content (AvgIpc) is 3.34. The van der Waals surface area contributed by atoms with Crippen LogP contribution in [0.1, 0.15) is 52.9 Å². The van der Waals surface area contributed by atoms with Crippen LogP contribution in [0.15, 0.2) is 48.6 Å². The van der Waals surface area contributed by atoms with Crippen molar-refractivity contribution in [2.75, 3.05) is 31.8 Å². The molecule has 2 saturated heterocycles. The highest BCUT2D eigenvalue weighted by Gasteiger charge is 2.76. The van der Waals surface area contributed by atoms with Gasteiger partial charge in [-0.3, -0.25) is 14.4 Å². The van der Waals surface area contributed by atoms with Gasteiger partial charge in [0.25, 0.3) is 5.91 Å². The molecule has 0 aromatic heterocycles. The number of rotatable bonds is 7. The van der Waals surface area contributed by atoms with Gasteiger partial charge in [0, 0.05) is 12.2 Å². The minimum atomic E-state index is -1.41. The molecule has 0 bridgehead atoms. The highest BCUT2D eigenvalue weighted by molar-refractivity contribution is 6.05. The summed E-state index contributed by atoms with van der Waals surface area (Å²) >= 11 is 0. The van der Waals surface area contributed by atoms with E-state index in [-0.39, 0.29) is 37.5 Å². The summed E-state index contributed by atoms with van der Waals surface area (Å²) in [6.07, 6.45) is 11.2. The Morgan fingerprint density at radius 3 is 2.46 bits per heavy atom. The zero-order chi connectivity index (χ0) is 29.4. The number of carbonyl (C=O) groups excluding carboxylic acids is 3. The van der Waals surface area contributed by atoms with Crippen LogP contribution in [0.2, 0.25) is 0 Å². The van der Waals surface area contributed by atoms with E-state index >= 15 is 0 Å². The van der Waals surface area contributed by atoms with Gasteiger partial charge >= 0.3 is 5.97 Å². The molecular formula is C32H42N2O7. The first-order chi connectivity index (χ1) is 19.8. The van der Waals surface area contributed by atoms with Crippen LogP contribution in [-0.2, 0) is 23.9 Å². The molecule has 5 rings (SSSR count). The number of fused-ring (bicyclic) bond motifs is 2. The third kappa shape index (κ3) is 4.67. The van der Waals surface area contributed by atoms with E-state index in [0.717, 1.165) is 19.3 Å². The lowest BCUT2D eigenvalue weighted by Gasteiger charge is -2.42. The summed E-state index contributed by atoms with van der Waals surface area (Å²) in [4.78, 5) is 46.3. The van der Waals surface area contributed by atoms with E-state index in [1.807, 2.05) is 57.2 Å². The fourth-order valence-electron chi connectivity index (χ4n) is 7.14. The second-order valence-electron chi connectivity index (χ2n) is 11.6. The molecular weight excluding hydrogens is 524 g/mol. The molecule has 1 spiro atoms. The number of cyclic esters (lactones) is 1. The molecule has 1 aromatic rings. The van der Waals surface area contributed by atoms with Gasteiger partial charge in [-0.15, -0.1) is 0 Å². The molecule has 4 heterocycles. The number of nitrogens with zero attached hydrogens (tertiary/aromatic N) is 2. The number of carbonyl (C=O) groups is 3. The maximum atomic E-state index is 14.7. The van der Waals surface area contributed by atoms with Crippen LogP contribution in [0.3, 0.4) is 0 Å². The molecule has 0 aliphatic carbocycles. The number of esters is 1. The molecule has 9 heteroatoms. The number of anilines is 1. The molecule has 2 fully saturated rings. The maximum Gasteiger partial charge on any atom is 0.313 e. The summed E-state index contributed by atoms with van der Waals surface area (Å²) in [6, 6.07) is 5.49. The van der Waals surface area contributed by atoms with Crippen LogP contribution >= 0.6 is 0 Å². The molecule has 4 aliphatic heterocycles. The Kier molecular flexibility index (Phi) is 8.30. The second kappa shape index (κ2) is 11.6. The van der Waals surface area contributed by atoms with Crippen LogP contribution in [0, 0.1) is 17.8 Å². The van der Waals surface area contributed by atoms with Crippen molar-refractivity contribution in [3.05, 3.63) is 48.6 Å². The summed E-state index contributed by atoms with van der Waals surface area (Å²) in [6.45, 7) is 6.12. The normalized spacial score (nSPS) is 33.8. The van der Waals surface area contributed by atoms with E-state index < -0.39 is 41.1 Å². The number of aliphatic hydroxyl groups excluding tert-OH is 1. The number of amides is 2. The molecule has 0 saturated carbocycles. The van der Waals surface area contributed by atoms with Gasteiger partial charge in [0.2, 0.25) is 5.91 Å². The highest BCUT2D eigenvalue weighted by Crippen LogP contribution is 2.59. The molecule has 1 N–H and O–H groups in total. The van der Waals surface area contributed by atoms with E-state index in [0.29, 0.717) is 24.3 Å². The quantitative estimate of drug-likeness (QED) is 0.397. The van der Waals surface area contributed by atoms with Crippen LogP contribution in [-0.4, -0.2) is 77.9 Å². The molecule has 222 valence electrons. The Morgan fingerprint density at radius 2 is 1.80 bits per heavy atom. The van der Waals surface area contributed by atoms with E-state index in [4.69, 9.17) is 14.2 Å². The zero-order valence-electron chi connectivity index (χ0n) is 24.5.